The van der Waals surface area contributed by atoms with E-state index < -0.39 is 0 Å². The second kappa shape index (κ2) is 6.68. The van der Waals surface area contributed by atoms with E-state index in [2.05, 4.69) is 15.3 Å². The molecule has 0 saturated carbocycles. The first-order valence-electron chi connectivity index (χ1n) is 8.39. The molecular formula is C19H17N5OS. The van der Waals surface area contributed by atoms with Crippen molar-refractivity contribution in [3.05, 3.63) is 76.3 Å². The quantitative estimate of drug-likeness (QED) is 0.723. The van der Waals surface area contributed by atoms with E-state index in [-0.39, 0.29) is 5.91 Å². The van der Waals surface area contributed by atoms with Gasteiger partial charge in [0.1, 0.15) is 0 Å². The summed E-state index contributed by atoms with van der Waals surface area (Å²) in [5, 5.41) is 11.4. The van der Waals surface area contributed by atoms with Gasteiger partial charge < -0.3 is 4.90 Å². The molecule has 2 aromatic carbocycles. The Kier molecular flexibility index (Phi) is 4.22. The Labute approximate surface area is 155 Å². The minimum atomic E-state index is -0.139. The zero-order valence-electron chi connectivity index (χ0n) is 14.2. The molecule has 6 nitrogen and oxygen atoms in total. The number of aryl methyl sites for hydroxylation is 1. The molecule has 0 fully saturated rings. The van der Waals surface area contributed by atoms with Gasteiger partial charge in [0, 0.05) is 12.0 Å². The second-order valence-electron chi connectivity index (χ2n) is 5.95. The molecule has 26 heavy (non-hydrogen) atoms. The van der Waals surface area contributed by atoms with E-state index in [1.165, 1.54) is 4.68 Å². The number of anilines is 1. The smallest absolute Gasteiger partial charge is 0.279 e. The van der Waals surface area contributed by atoms with Gasteiger partial charge in [0.05, 0.1) is 12.2 Å². The number of aromatic nitrogens is 3. The van der Waals surface area contributed by atoms with Gasteiger partial charge in [0.25, 0.3) is 5.91 Å². The normalized spacial score (nSPS) is 14.9. The van der Waals surface area contributed by atoms with Gasteiger partial charge in [-0.2, -0.15) is 14.9 Å². The maximum absolute atomic E-state index is 13.1. The Morgan fingerprint density at radius 2 is 1.85 bits per heavy atom. The molecule has 0 bridgehead atoms. The van der Waals surface area contributed by atoms with Crippen molar-refractivity contribution >= 4 is 29.5 Å². The molecule has 0 unspecified atom stereocenters. The standard InChI is InChI=1S/C19H17N5OS/c1-2-16-20-21-19(26)24(16)22-17-14-10-6-7-11-15(14)23(18(17)25)12-13-8-4-3-5-9-13/h3-11H,2,12H2,1H3,(H,21,26). The van der Waals surface area contributed by atoms with Gasteiger partial charge >= 0.3 is 0 Å². The lowest BCUT2D eigenvalue weighted by Gasteiger charge is -2.16. The van der Waals surface area contributed by atoms with Crippen LogP contribution in [0.2, 0.25) is 0 Å². The zero-order valence-corrected chi connectivity index (χ0v) is 15.0. The van der Waals surface area contributed by atoms with E-state index in [0.717, 1.165) is 16.8 Å². The van der Waals surface area contributed by atoms with E-state index in [1.54, 1.807) is 4.90 Å². The van der Waals surface area contributed by atoms with Crippen LogP contribution in [0, 0.1) is 4.77 Å². The first-order chi connectivity index (χ1) is 12.7. The lowest BCUT2D eigenvalue weighted by Crippen LogP contribution is -2.30. The van der Waals surface area contributed by atoms with E-state index in [9.17, 15) is 4.79 Å². The molecule has 1 aliphatic heterocycles. The van der Waals surface area contributed by atoms with Crippen LogP contribution in [0.3, 0.4) is 0 Å². The Bertz CT molecular complexity index is 1050. The van der Waals surface area contributed by atoms with Gasteiger partial charge in [-0.1, -0.05) is 55.5 Å². The molecule has 1 aromatic heterocycles. The molecule has 2 heterocycles. The van der Waals surface area contributed by atoms with Crippen LogP contribution in [-0.4, -0.2) is 26.5 Å². The van der Waals surface area contributed by atoms with Crippen LogP contribution < -0.4 is 4.90 Å². The van der Waals surface area contributed by atoms with Crippen LogP contribution in [0.15, 0.2) is 59.7 Å². The molecule has 1 N–H and O–H groups in total. The minimum Gasteiger partial charge on any atom is -0.302 e. The largest absolute Gasteiger partial charge is 0.302 e. The summed E-state index contributed by atoms with van der Waals surface area (Å²) in [5.41, 5.74) is 3.10. The summed E-state index contributed by atoms with van der Waals surface area (Å²) in [6.45, 7) is 2.46. The van der Waals surface area contributed by atoms with E-state index in [4.69, 9.17) is 12.2 Å². The first kappa shape index (κ1) is 16.4. The van der Waals surface area contributed by atoms with Crippen molar-refractivity contribution in [2.75, 3.05) is 4.90 Å². The average molecular weight is 363 g/mol. The Balaban J connectivity index is 1.80. The SMILES string of the molecule is CCc1n[nH]c(=S)n1N=C1C(=O)N(Cc2ccccc2)c2ccccc21. The molecule has 0 aliphatic carbocycles. The van der Waals surface area contributed by atoms with Gasteiger partial charge in [-0.25, -0.2) is 0 Å². The molecule has 130 valence electrons. The van der Waals surface area contributed by atoms with Crippen molar-refractivity contribution < 1.29 is 4.79 Å². The van der Waals surface area contributed by atoms with Gasteiger partial charge in [-0.05, 0) is 23.8 Å². The van der Waals surface area contributed by atoms with E-state index >= 15 is 0 Å². The third-order valence-electron chi connectivity index (χ3n) is 4.31. The van der Waals surface area contributed by atoms with Crippen LogP contribution in [-0.2, 0) is 17.8 Å². The van der Waals surface area contributed by atoms with Crippen LogP contribution in [0.4, 0.5) is 5.69 Å². The molecule has 0 atom stereocenters. The van der Waals surface area contributed by atoms with Crippen molar-refractivity contribution in [1.82, 2.24) is 14.9 Å². The highest BCUT2D eigenvalue weighted by atomic mass is 32.1. The predicted molar refractivity (Wildman–Crippen MR) is 103 cm³/mol. The maximum atomic E-state index is 13.1. The summed E-state index contributed by atoms with van der Waals surface area (Å²) in [4.78, 5) is 14.9. The first-order valence-corrected chi connectivity index (χ1v) is 8.80. The summed E-state index contributed by atoms with van der Waals surface area (Å²) in [7, 11) is 0. The number of para-hydroxylation sites is 1. The van der Waals surface area contributed by atoms with Gasteiger partial charge in [-0.3, -0.25) is 9.89 Å². The third-order valence-corrected chi connectivity index (χ3v) is 4.58. The summed E-state index contributed by atoms with van der Waals surface area (Å²) in [5.74, 6) is 0.550. The highest BCUT2D eigenvalue weighted by molar-refractivity contribution is 7.71. The van der Waals surface area contributed by atoms with Gasteiger partial charge in [0.2, 0.25) is 4.77 Å². The molecular weight excluding hydrogens is 346 g/mol. The fraction of sp³-hybridized carbons (Fsp3) is 0.158. The summed E-state index contributed by atoms with van der Waals surface area (Å²) in [6, 6.07) is 17.6. The van der Waals surface area contributed by atoms with E-state index in [1.807, 2.05) is 61.5 Å². The molecule has 0 radical (unpaired) electrons. The number of hydrogen-bond donors (Lipinski definition) is 1. The number of amides is 1. The van der Waals surface area contributed by atoms with Crippen molar-refractivity contribution in [3.8, 4) is 0 Å². The van der Waals surface area contributed by atoms with Crippen molar-refractivity contribution in [1.29, 1.82) is 0 Å². The predicted octanol–water partition coefficient (Wildman–Crippen LogP) is 3.30. The fourth-order valence-electron chi connectivity index (χ4n) is 3.04. The second-order valence-corrected chi connectivity index (χ2v) is 6.34. The summed E-state index contributed by atoms with van der Waals surface area (Å²) in [6.07, 6.45) is 0.660. The zero-order chi connectivity index (χ0) is 18.1. The van der Waals surface area contributed by atoms with E-state index in [0.29, 0.717) is 29.3 Å². The van der Waals surface area contributed by atoms with Crippen molar-refractivity contribution in [3.63, 3.8) is 0 Å². The number of H-pyrrole nitrogens is 1. The monoisotopic (exact) mass is 363 g/mol. The number of aromatic amines is 1. The number of fused-ring (bicyclic) bond motifs is 1. The minimum absolute atomic E-state index is 0.139. The molecule has 4 rings (SSSR count). The number of nitrogens with one attached hydrogen (secondary N) is 1. The summed E-state index contributed by atoms with van der Waals surface area (Å²) < 4.78 is 1.91. The topological polar surface area (TPSA) is 66.3 Å². The molecule has 7 heteroatoms. The fourth-order valence-corrected chi connectivity index (χ4v) is 3.23. The Morgan fingerprint density at radius 3 is 2.62 bits per heavy atom. The molecule has 1 aliphatic rings. The molecule has 0 saturated heterocycles. The highest BCUT2D eigenvalue weighted by Crippen LogP contribution is 2.30. The Morgan fingerprint density at radius 1 is 1.12 bits per heavy atom. The van der Waals surface area contributed by atoms with Crippen LogP contribution in [0.5, 0.6) is 0 Å². The number of benzene rings is 2. The number of carbonyl (C=O) groups excluding carboxylic acids is 1. The van der Waals surface area contributed by atoms with Gasteiger partial charge in [-0.15, -0.1) is 0 Å². The lowest BCUT2D eigenvalue weighted by atomic mass is 10.1. The van der Waals surface area contributed by atoms with Crippen LogP contribution in [0.25, 0.3) is 0 Å². The maximum Gasteiger partial charge on any atom is 0.279 e. The number of nitrogens with zero attached hydrogens (tertiary/aromatic N) is 4. The highest BCUT2D eigenvalue weighted by Gasteiger charge is 2.34. The lowest BCUT2D eigenvalue weighted by molar-refractivity contribution is -0.112. The number of hydrogen-bond acceptors (Lipinski definition) is 4. The molecule has 1 amide bonds. The molecule has 3 aromatic rings. The van der Waals surface area contributed by atoms with Crippen LogP contribution in [0.1, 0.15) is 23.9 Å². The number of rotatable bonds is 4. The molecule has 0 spiro atoms. The number of carbonyl (C=O) groups is 1. The van der Waals surface area contributed by atoms with Crippen LogP contribution >= 0.6 is 12.2 Å². The summed E-state index contributed by atoms with van der Waals surface area (Å²) >= 11 is 5.26. The Hall–Kier alpha value is -3.06. The van der Waals surface area contributed by atoms with Crippen molar-refractivity contribution in [2.24, 2.45) is 5.10 Å². The van der Waals surface area contributed by atoms with Crippen molar-refractivity contribution in [2.45, 2.75) is 19.9 Å². The average Bonchev–Trinajstić information content (AvgIpc) is 3.16. The third kappa shape index (κ3) is 2.76. The van der Waals surface area contributed by atoms with Gasteiger partial charge in [0.15, 0.2) is 11.5 Å².